The van der Waals surface area contributed by atoms with E-state index < -0.39 is 6.10 Å². The van der Waals surface area contributed by atoms with Gasteiger partial charge in [-0.2, -0.15) is 0 Å². The van der Waals surface area contributed by atoms with Gasteiger partial charge in [0.15, 0.2) is 0 Å². The molecule has 0 aliphatic heterocycles. The molecule has 0 atom stereocenters. The van der Waals surface area contributed by atoms with Crippen molar-refractivity contribution in [3.05, 3.63) is 84.9 Å². The number of rotatable bonds is 4. The van der Waals surface area contributed by atoms with Crippen molar-refractivity contribution in [3.8, 4) is 0 Å². The summed E-state index contributed by atoms with van der Waals surface area (Å²) in [5.74, 6) is 0. The summed E-state index contributed by atoms with van der Waals surface area (Å²) in [6, 6.07) is 19.3. The van der Waals surface area contributed by atoms with Gasteiger partial charge in [-0.05, 0) is 22.3 Å². The summed E-state index contributed by atoms with van der Waals surface area (Å²) >= 11 is 0. The molecule has 90 valence electrons. The average molecular weight is 236 g/mol. The molecule has 0 heterocycles. The second-order valence-corrected chi connectivity index (χ2v) is 4.19. The van der Waals surface area contributed by atoms with Gasteiger partial charge in [-0.3, -0.25) is 0 Å². The van der Waals surface area contributed by atoms with Gasteiger partial charge in [0, 0.05) is 0 Å². The summed E-state index contributed by atoms with van der Waals surface area (Å²) < 4.78 is 0. The van der Waals surface area contributed by atoms with Gasteiger partial charge in [-0.15, -0.1) is 0 Å². The normalized spacial score (nSPS) is 10.3. The highest BCUT2D eigenvalue weighted by Crippen LogP contribution is 2.26. The van der Waals surface area contributed by atoms with Crippen LogP contribution in [0.4, 0.5) is 0 Å². The van der Waals surface area contributed by atoms with Crippen LogP contribution in [0.1, 0.15) is 11.1 Å². The van der Waals surface area contributed by atoms with Crippen LogP contribution in [-0.2, 0) is 0 Å². The fraction of sp³-hybridized carbons (Fsp3) is 0.0588. The number of aliphatic hydroxyl groups excluding tert-OH is 1. The van der Waals surface area contributed by atoms with E-state index in [0.717, 1.165) is 11.1 Å². The van der Waals surface area contributed by atoms with E-state index in [1.54, 1.807) is 0 Å². The van der Waals surface area contributed by atoms with Crippen molar-refractivity contribution < 1.29 is 5.11 Å². The van der Waals surface area contributed by atoms with Crippen LogP contribution < -0.4 is 0 Å². The minimum absolute atomic E-state index is 0.671. The molecule has 2 rings (SSSR count). The third-order valence-electron chi connectivity index (χ3n) is 2.95. The van der Waals surface area contributed by atoms with E-state index in [0.29, 0.717) is 11.1 Å². The molecule has 0 spiro atoms. The monoisotopic (exact) mass is 236 g/mol. The predicted molar refractivity (Wildman–Crippen MR) is 77.0 cm³/mol. The van der Waals surface area contributed by atoms with Crippen molar-refractivity contribution in [2.24, 2.45) is 0 Å². The van der Waals surface area contributed by atoms with Crippen molar-refractivity contribution in [2.75, 3.05) is 0 Å². The summed E-state index contributed by atoms with van der Waals surface area (Å²) in [7, 11) is 0. The highest BCUT2D eigenvalue weighted by molar-refractivity contribution is 5.82. The lowest BCUT2D eigenvalue weighted by atomic mass is 9.93. The first-order valence-electron chi connectivity index (χ1n) is 5.86. The van der Waals surface area contributed by atoms with Gasteiger partial charge in [0.2, 0.25) is 0 Å². The maximum absolute atomic E-state index is 10.3. The fourth-order valence-corrected chi connectivity index (χ4v) is 1.83. The van der Waals surface area contributed by atoms with Crippen LogP contribution in [0, 0.1) is 0 Å². The topological polar surface area (TPSA) is 20.2 Å². The lowest BCUT2D eigenvalue weighted by molar-refractivity contribution is 0.289. The summed E-state index contributed by atoms with van der Waals surface area (Å²) in [6.07, 6.45) is -0.755. The maximum atomic E-state index is 10.3. The third kappa shape index (κ3) is 2.58. The third-order valence-corrected chi connectivity index (χ3v) is 2.95. The standard InChI is InChI=1S/C17H16O/c1-13(15-9-5-3-6-10-15)17(18)14(2)16-11-7-4-8-12-16/h3-12,17-18H,1-2H2. The minimum Gasteiger partial charge on any atom is -0.384 e. The molecule has 0 amide bonds. The number of hydrogen-bond acceptors (Lipinski definition) is 1. The molecule has 0 aliphatic carbocycles. The van der Waals surface area contributed by atoms with Crippen LogP contribution in [0.5, 0.6) is 0 Å². The molecule has 18 heavy (non-hydrogen) atoms. The summed E-state index contributed by atoms with van der Waals surface area (Å²) in [6.45, 7) is 7.92. The van der Waals surface area contributed by atoms with Crippen LogP contribution in [0.15, 0.2) is 73.8 Å². The molecular weight excluding hydrogens is 220 g/mol. The zero-order valence-corrected chi connectivity index (χ0v) is 10.2. The lowest BCUT2D eigenvalue weighted by Gasteiger charge is -2.17. The first-order chi connectivity index (χ1) is 8.70. The highest BCUT2D eigenvalue weighted by Gasteiger charge is 2.15. The molecule has 1 nitrogen and oxygen atoms in total. The van der Waals surface area contributed by atoms with Gasteiger partial charge >= 0.3 is 0 Å². The van der Waals surface area contributed by atoms with E-state index >= 15 is 0 Å². The second-order valence-electron chi connectivity index (χ2n) is 4.19. The molecule has 0 saturated heterocycles. The zero-order chi connectivity index (χ0) is 13.0. The lowest BCUT2D eigenvalue weighted by Crippen LogP contribution is -2.10. The van der Waals surface area contributed by atoms with Gasteiger partial charge in [-0.1, -0.05) is 73.8 Å². The first kappa shape index (κ1) is 12.3. The van der Waals surface area contributed by atoms with Crippen molar-refractivity contribution in [2.45, 2.75) is 6.10 Å². The molecule has 0 saturated carbocycles. The first-order valence-corrected chi connectivity index (χ1v) is 5.86. The Morgan fingerprint density at radius 3 is 1.39 bits per heavy atom. The maximum Gasteiger partial charge on any atom is 0.104 e. The van der Waals surface area contributed by atoms with Crippen molar-refractivity contribution in [3.63, 3.8) is 0 Å². The molecule has 1 N–H and O–H groups in total. The van der Waals surface area contributed by atoms with E-state index in [1.165, 1.54) is 0 Å². The number of benzene rings is 2. The Balaban J connectivity index is 2.20. The Kier molecular flexibility index (Phi) is 3.75. The zero-order valence-electron chi connectivity index (χ0n) is 10.2. The van der Waals surface area contributed by atoms with Crippen LogP contribution >= 0.6 is 0 Å². The van der Waals surface area contributed by atoms with E-state index in [9.17, 15) is 5.11 Å². The molecule has 0 aliphatic rings. The quantitative estimate of drug-likeness (QED) is 0.856. The number of aliphatic hydroxyl groups is 1. The molecule has 0 fully saturated rings. The van der Waals surface area contributed by atoms with Crippen molar-refractivity contribution in [1.82, 2.24) is 0 Å². The van der Waals surface area contributed by atoms with Crippen molar-refractivity contribution >= 4 is 11.1 Å². The van der Waals surface area contributed by atoms with Crippen LogP contribution in [0.2, 0.25) is 0 Å². The molecule has 1 heteroatoms. The minimum atomic E-state index is -0.755. The SMILES string of the molecule is C=C(c1ccccc1)C(O)C(=C)c1ccccc1. The molecule has 2 aromatic rings. The molecular formula is C17H16O. The van der Waals surface area contributed by atoms with Crippen LogP contribution in [0.25, 0.3) is 11.1 Å². The summed E-state index contributed by atoms with van der Waals surface area (Å²) in [5, 5.41) is 10.3. The fourth-order valence-electron chi connectivity index (χ4n) is 1.83. The predicted octanol–water partition coefficient (Wildman–Crippen LogP) is 3.77. The molecule has 0 aromatic heterocycles. The summed E-state index contributed by atoms with van der Waals surface area (Å²) in [5.41, 5.74) is 3.21. The molecule has 2 aromatic carbocycles. The number of hydrogen-bond donors (Lipinski definition) is 1. The van der Waals surface area contributed by atoms with Gasteiger partial charge in [0.25, 0.3) is 0 Å². The Bertz CT molecular complexity index is 489. The Hall–Kier alpha value is -2.12. The smallest absolute Gasteiger partial charge is 0.104 e. The van der Waals surface area contributed by atoms with Gasteiger partial charge in [0.1, 0.15) is 6.10 Å². The average Bonchev–Trinajstić information content (AvgIpc) is 2.47. The van der Waals surface area contributed by atoms with Crippen molar-refractivity contribution in [1.29, 1.82) is 0 Å². The Morgan fingerprint density at radius 2 is 1.06 bits per heavy atom. The van der Waals surface area contributed by atoms with E-state index in [1.807, 2.05) is 60.7 Å². The van der Waals surface area contributed by atoms with Gasteiger partial charge in [0.05, 0.1) is 0 Å². The van der Waals surface area contributed by atoms with Gasteiger partial charge in [-0.25, -0.2) is 0 Å². The molecule has 0 radical (unpaired) electrons. The molecule has 0 unspecified atom stereocenters. The van der Waals surface area contributed by atoms with Crippen LogP contribution in [0.3, 0.4) is 0 Å². The Morgan fingerprint density at radius 1 is 0.722 bits per heavy atom. The van der Waals surface area contributed by atoms with E-state index in [2.05, 4.69) is 13.2 Å². The second kappa shape index (κ2) is 5.48. The molecule has 0 bridgehead atoms. The summed E-state index contributed by atoms with van der Waals surface area (Å²) in [4.78, 5) is 0. The van der Waals surface area contributed by atoms with Gasteiger partial charge < -0.3 is 5.11 Å². The van der Waals surface area contributed by atoms with E-state index in [4.69, 9.17) is 0 Å². The largest absolute Gasteiger partial charge is 0.384 e. The Labute approximate surface area is 108 Å². The van der Waals surface area contributed by atoms with E-state index in [-0.39, 0.29) is 0 Å². The highest BCUT2D eigenvalue weighted by atomic mass is 16.3. The van der Waals surface area contributed by atoms with Crippen LogP contribution in [-0.4, -0.2) is 11.2 Å².